The number of aliphatic carboxylic acids is 2. The predicted octanol–water partition coefficient (Wildman–Crippen LogP) is 0.438. The number of carbonyl (C=O) groups excluding carboxylic acids is 2. The van der Waals surface area contributed by atoms with Crippen molar-refractivity contribution in [2.75, 3.05) is 6.61 Å². The molecule has 0 N–H and O–H groups in total. The highest BCUT2D eigenvalue weighted by Gasteiger charge is 2.38. The Morgan fingerprint density at radius 2 is 1.79 bits per heavy atom. The van der Waals surface area contributed by atoms with Crippen LogP contribution in [0.15, 0.2) is 42.5 Å². The van der Waals surface area contributed by atoms with Crippen LogP contribution < -0.4 is 10.2 Å². The van der Waals surface area contributed by atoms with Crippen molar-refractivity contribution < 1.29 is 24.5 Å². The number of carboxylic acids is 2. The van der Waals surface area contributed by atoms with E-state index in [0.717, 1.165) is 17.2 Å². The maximum atomic E-state index is 11.8. The molecule has 1 aliphatic heterocycles. The summed E-state index contributed by atoms with van der Waals surface area (Å²) in [4.78, 5) is 23.6. The molecular formula is C19H18O5-2. The lowest BCUT2D eigenvalue weighted by Gasteiger charge is -2.38. The number of rotatable bonds is 6. The Morgan fingerprint density at radius 1 is 1.08 bits per heavy atom. The SMILES string of the molecule is O=C([O-])C(Cc1cccc2ccccc12)(CC1CCCO1)C(=O)[O-]. The van der Waals surface area contributed by atoms with E-state index < -0.39 is 23.5 Å². The third-order valence-electron chi connectivity index (χ3n) is 4.75. The van der Waals surface area contributed by atoms with Crippen LogP contribution in [0.25, 0.3) is 10.8 Å². The standard InChI is InChI=1S/C19H20O5/c20-17(21)19(18(22)23,12-15-8-4-10-24-15)11-14-7-3-6-13-5-1-2-9-16(13)14/h1-3,5-7,9,15H,4,8,10-12H2,(H,20,21)(H,22,23)/p-2. The van der Waals surface area contributed by atoms with Crippen molar-refractivity contribution >= 4 is 22.7 Å². The Hall–Kier alpha value is -2.40. The minimum absolute atomic E-state index is 0.138. The summed E-state index contributed by atoms with van der Waals surface area (Å²) < 4.78 is 5.45. The molecule has 0 amide bonds. The van der Waals surface area contributed by atoms with E-state index in [9.17, 15) is 19.8 Å². The summed E-state index contributed by atoms with van der Waals surface area (Å²) >= 11 is 0. The van der Waals surface area contributed by atoms with Gasteiger partial charge >= 0.3 is 0 Å². The number of hydrogen-bond donors (Lipinski definition) is 0. The van der Waals surface area contributed by atoms with Gasteiger partial charge in [-0.15, -0.1) is 0 Å². The highest BCUT2D eigenvalue weighted by molar-refractivity contribution is 5.97. The van der Waals surface area contributed by atoms with Crippen LogP contribution in [-0.2, 0) is 20.7 Å². The second kappa shape index (κ2) is 6.61. The van der Waals surface area contributed by atoms with Crippen molar-refractivity contribution in [1.29, 1.82) is 0 Å². The van der Waals surface area contributed by atoms with Gasteiger partial charge < -0.3 is 24.5 Å². The summed E-state index contributed by atoms with van der Waals surface area (Å²) in [6.07, 6.45) is 0.739. The van der Waals surface area contributed by atoms with E-state index in [1.54, 1.807) is 12.1 Å². The van der Waals surface area contributed by atoms with E-state index >= 15 is 0 Å². The average molecular weight is 326 g/mol. The molecule has 3 rings (SSSR count). The smallest absolute Gasteiger partial charge is 0.0588 e. The monoisotopic (exact) mass is 326 g/mol. The Balaban J connectivity index is 2.01. The molecule has 0 aliphatic carbocycles. The first kappa shape index (κ1) is 16.5. The van der Waals surface area contributed by atoms with Crippen LogP contribution in [0.2, 0.25) is 0 Å². The third kappa shape index (κ3) is 2.99. The highest BCUT2D eigenvalue weighted by Crippen LogP contribution is 2.34. The van der Waals surface area contributed by atoms with Crippen LogP contribution in [0.4, 0.5) is 0 Å². The van der Waals surface area contributed by atoms with Gasteiger partial charge in [-0.25, -0.2) is 0 Å². The summed E-state index contributed by atoms with van der Waals surface area (Å²) in [5.41, 5.74) is -1.45. The number of carboxylic acid groups (broad SMARTS) is 2. The third-order valence-corrected chi connectivity index (χ3v) is 4.75. The molecule has 0 spiro atoms. The lowest BCUT2D eigenvalue weighted by molar-refractivity contribution is -0.344. The van der Waals surface area contributed by atoms with Gasteiger partial charge in [-0.2, -0.15) is 0 Å². The van der Waals surface area contributed by atoms with Crippen LogP contribution in [0.1, 0.15) is 24.8 Å². The van der Waals surface area contributed by atoms with E-state index in [1.807, 2.05) is 30.3 Å². The van der Waals surface area contributed by atoms with Gasteiger partial charge in [0.1, 0.15) is 0 Å². The van der Waals surface area contributed by atoms with Crippen LogP contribution >= 0.6 is 0 Å². The molecule has 1 heterocycles. The lowest BCUT2D eigenvalue weighted by atomic mass is 9.76. The first-order chi connectivity index (χ1) is 11.5. The van der Waals surface area contributed by atoms with Crippen molar-refractivity contribution in [3.05, 3.63) is 48.0 Å². The summed E-state index contributed by atoms with van der Waals surface area (Å²) in [7, 11) is 0. The van der Waals surface area contributed by atoms with Gasteiger partial charge in [-0.1, -0.05) is 42.5 Å². The molecule has 24 heavy (non-hydrogen) atoms. The molecule has 1 aliphatic rings. The molecule has 5 heteroatoms. The quantitative estimate of drug-likeness (QED) is 0.719. The lowest BCUT2D eigenvalue weighted by Crippen LogP contribution is -2.56. The topological polar surface area (TPSA) is 89.5 Å². The molecule has 5 nitrogen and oxygen atoms in total. The van der Waals surface area contributed by atoms with Gasteiger partial charge in [0.05, 0.1) is 23.5 Å². The Labute approximate surface area is 139 Å². The molecule has 1 fully saturated rings. The van der Waals surface area contributed by atoms with E-state index in [4.69, 9.17) is 4.74 Å². The molecule has 2 aromatic carbocycles. The minimum Gasteiger partial charge on any atom is -0.549 e. The number of carbonyl (C=O) groups is 2. The number of benzene rings is 2. The normalized spacial score (nSPS) is 17.9. The van der Waals surface area contributed by atoms with E-state index in [-0.39, 0.29) is 12.8 Å². The van der Waals surface area contributed by atoms with E-state index in [2.05, 4.69) is 0 Å². The number of fused-ring (bicyclic) bond motifs is 1. The predicted molar refractivity (Wildman–Crippen MR) is 83.7 cm³/mol. The van der Waals surface area contributed by atoms with Crippen LogP contribution in [0, 0.1) is 5.41 Å². The number of ether oxygens (including phenoxy) is 1. The maximum absolute atomic E-state index is 11.8. The minimum atomic E-state index is -2.10. The molecule has 1 saturated heterocycles. The first-order valence-electron chi connectivity index (χ1n) is 8.04. The zero-order valence-electron chi connectivity index (χ0n) is 13.2. The van der Waals surface area contributed by atoms with Gasteiger partial charge in [0.2, 0.25) is 0 Å². The van der Waals surface area contributed by atoms with E-state index in [0.29, 0.717) is 18.6 Å². The highest BCUT2D eigenvalue weighted by atomic mass is 16.5. The summed E-state index contributed by atoms with van der Waals surface area (Å²) in [6.45, 7) is 0.523. The van der Waals surface area contributed by atoms with Gasteiger partial charge in [0, 0.05) is 6.61 Å². The van der Waals surface area contributed by atoms with E-state index in [1.165, 1.54) is 0 Å². The summed E-state index contributed by atoms with van der Waals surface area (Å²) in [5, 5.41) is 25.4. The van der Waals surface area contributed by atoms with Crippen LogP contribution in [-0.4, -0.2) is 24.6 Å². The largest absolute Gasteiger partial charge is 0.549 e. The fourth-order valence-corrected chi connectivity index (χ4v) is 3.43. The molecule has 2 aromatic rings. The summed E-state index contributed by atoms with van der Waals surface area (Å²) in [5.74, 6) is -3.24. The fraction of sp³-hybridized carbons (Fsp3) is 0.368. The molecule has 0 aromatic heterocycles. The average Bonchev–Trinajstić information content (AvgIpc) is 3.07. The van der Waals surface area contributed by atoms with Crippen molar-refractivity contribution in [2.24, 2.45) is 5.41 Å². The maximum Gasteiger partial charge on any atom is 0.0588 e. The second-order valence-corrected chi connectivity index (χ2v) is 6.31. The Bertz CT molecular complexity index is 742. The molecule has 1 atom stereocenters. The Kier molecular flexibility index (Phi) is 4.53. The zero-order chi connectivity index (χ0) is 17.2. The molecule has 126 valence electrons. The van der Waals surface area contributed by atoms with Gasteiger partial charge in [0.25, 0.3) is 0 Å². The van der Waals surface area contributed by atoms with Crippen molar-refractivity contribution in [1.82, 2.24) is 0 Å². The fourth-order valence-electron chi connectivity index (χ4n) is 3.43. The Morgan fingerprint density at radius 3 is 2.46 bits per heavy atom. The van der Waals surface area contributed by atoms with Gasteiger partial charge in [-0.05, 0) is 42.0 Å². The molecule has 0 bridgehead atoms. The first-order valence-corrected chi connectivity index (χ1v) is 8.04. The molecule has 0 radical (unpaired) electrons. The molecule has 0 saturated carbocycles. The second-order valence-electron chi connectivity index (χ2n) is 6.31. The van der Waals surface area contributed by atoms with Crippen molar-refractivity contribution in [3.8, 4) is 0 Å². The molecule has 1 unspecified atom stereocenters. The van der Waals surface area contributed by atoms with Crippen molar-refractivity contribution in [3.63, 3.8) is 0 Å². The zero-order valence-corrected chi connectivity index (χ0v) is 13.2. The van der Waals surface area contributed by atoms with Crippen LogP contribution in [0.5, 0.6) is 0 Å². The van der Waals surface area contributed by atoms with Gasteiger partial charge in [0.15, 0.2) is 0 Å². The van der Waals surface area contributed by atoms with Crippen molar-refractivity contribution in [2.45, 2.75) is 31.8 Å². The van der Waals surface area contributed by atoms with Crippen LogP contribution in [0.3, 0.4) is 0 Å². The molecular weight excluding hydrogens is 308 g/mol. The number of hydrogen-bond acceptors (Lipinski definition) is 5. The summed E-state index contributed by atoms with van der Waals surface area (Å²) in [6, 6.07) is 12.9. The van der Waals surface area contributed by atoms with Gasteiger partial charge in [-0.3, -0.25) is 0 Å².